The number of rotatable bonds is 10. The van der Waals surface area contributed by atoms with E-state index in [1.165, 1.54) is 35.8 Å². The van der Waals surface area contributed by atoms with Crippen molar-refractivity contribution in [3.63, 3.8) is 0 Å². The van der Waals surface area contributed by atoms with E-state index in [2.05, 4.69) is 10.5 Å². The van der Waals surface area contributed by atoms with Gasteiger partial charge in [-0.2, -0.15) is 0 Å². The summed E-state index contributed by atoms with van der Waals surface area (Å²) in [5, 5.41) is 17.9. The molecule has 0 spiro atoms. The second-order valence-electron chi connectivity index (χ2n) is 6.05. The molecule has 0 aliphatic carbocycles. The molecule has 32 heavy (non-hydrogen) atoms. The summed E-state index contributed by atoms with van der Waals surface area (Å²) in [6.07, 6.45) is -1.02. The second kappa shape index (κ2) is 12.7. The normalized spacial score (nSPS) is 13.0. The van der Waals surface area contributed by atoms with Crippen molar-refractivity contribution >= 4 is 64.4 Å². The molecule has 1 amide bonds. The zero-order valence-electron chi connectivity index (χ0n) is 17.7. The molecule has 9 nitrogen and oxygen atoms in total. The summed E-state index contributed by atoms with van der Waals surface area (Å²) in [4.78, 5) is 27.3. The minimum Gasteiger partial charge on any atom is -0.448 e. The van der Waals surface area contributed by atoms with Crippen LogP contribution >= 0.6 is 30.1 Å². The first-order valence-corrected chi connectivity index (χ1v) is 14.4. The molecule has 0 aliphatic heterocycles. The van der Waals surface area contributed by atoms with Crippen LogP contribution in [0.2, 0.25) is 0 Å². The van der Waals surface area contributed by atoms with E-state index < -0.39 is 17.4 Å². The molecule has 2 rings (SSSR count). The fourth-order valence-electron chi connectivity index (χ4n) is 2.24. The number of non-ortho nitro benzene ring substituents is 1. The Hall–Kier alpha value is -2.27. The van der Waals surface area contributed by atoms with Crippen molar-refractivity contribution in [3.05, 3.63) is 64.7 Å². The number of thioether (sulfide) groups is 1. The van der Waals surface area contributed by atoms with Crippen LogP contribution in [-0.4, -0.2) is 34.4 Å². The number of nitrogens with one attached hydrogen (secondary N) is 1. The SMILES string of the molecule is CCP(=S)(Oc1ccccc1)N(SCNC(=O)ON=C(C)SC)c1ccc([N+](=O)[O-])cc1. The Morgan fingerprint density at radius 3 is 2.47 bits per heavy atom. The van der Waals surface area contributed by atoms with Crippen molar-refractivity contribution in [2.75, 3.05) is 22.4 Å². The summed E-state index contributed by atoms with van der Waals surface area (Å²) >= 11 is 8.53. The highest BCUT2D eigenvalue weighted by Crippen LogP contribution is 2.56. The Kier molecular flexibility index (Phi) is 10.3. The molecule has 1 unspecified atom stereocenters. The van der Waals surface area contributed by atoms with Gasteiger partial charge < -0.3 is 9.84 Å². The molecule has 172 valence electrons. The summed E-state index contributed by atoms with van der Waals surface area (Å²) in [6.45, 7) is 3.64. The number of nitro benzene ring substituents is 1. The van der Waals surface area contributed by atoms with Crippen molar-refractivity contribution in [1.82, 2.24) is 5.32 Å². The first kappa shape index (κ1) is 26.0. The van der Waals surface area contributed by atoms with Gasteiger partial charge in [-0.05, 0) is 61.2 Å². The molecule has 2 aromatic carbocycles. The van der Waals surface area contributed by atoms with Crippen LogP contribution in [0.25, 0.3) is 0 Å². The van der Waals surface area contributed by atoms with Gasteiger partial charge >= 0.3 is 6.09 Å². The zero-order chi connectivity index (χ0) is 23.6. The number of para-hydroxylation sites is 1. The van der Waals surface area contributed by atoms with E-state index in [0.29, 0.717) is 22.6 Å². The van der Waals surface area contributed by atoms with Gasteiger partial charge in [0.15, 0.2) is 0 Å². The molecule has 1 N–H and O–H groups in total. The van der Waals surface area contributed by atoms with Crippen LogP contribution in [0.3, 0.4) is 0 Å². The number of nitrogens with zero attached hydrogens (tertiary/aromatic N) is 3. The largest absolute Gasteiger partial charge is 0.448 e. The van der Waals surface area contributed by atoms with Crippen LogP contribution in [-0.2, 0) is 16.6 Å². The van der Waals surface area contributed by atoms with Gasteiger partial charge in [0, 0.05) is 18.3 Å². The van der Waals surface area contributed by atoms with Crippen LogP contribution in [0, 0.1) is 10.1 Å². The van der Waals surface area contributed by atoms with Crippen LogP contribution in [0.15, 0.2) is 59.8 Å². The molecule has 2 aromatic rings. The van der Waals surface area contributed by atoms with Gasteiger partial charge in [-0.15, -0.1) is 11.8 Å². The Morgan fingerprint density at radius 1 is 1.25 bits per heavy atom. The number of carbonyl (C=O) groups excluding carboxylic acids is 1. The monoisotopic (exact) mass is 514 g/mol. The molecule has 0 saturated carbocycles. The van der Waals surface area contributed by atoms with Crippen LogP contribution in [0.5, 0.6) is 5.75 Å². The first-order chi connectivity index (χ1) is 15.3. The highest BCUT2D eigenvalue weighted by molar-refractivity contribution is 8.21. The van der Waals surface area contributed by atoms with E-state index in [0.717, 1.165) is 0 Å². The molecule has 13 heteroatoms. The highest BCUT2D eigenvalue weighted by Gasteiger charge is 2.29. The smallest absolute Gasteiger partial charge is 0.434 e. The molecule has 0 aliphatic rings. The van der Waals surface area contributed by atoms with Gasteiger partial charge in [-0.1, -0.05) is 30.3 Å². The van der Waals surface area contributed by atoms with E-state index in [1.807, 2.05) is 43.5 Å². The predicted molar refractivity (Wildman–Crippen MR) is 136 cm³/mol. The highest BCUT2D eigenvalue weighted by atomic mass is 32.5. The molecule has 0 aromatic heterocycles. The summed E-state index contributed by atoms with van der Waals surface area (Å²) in [6, 6.07) is 15.2. The average molecular weight is 515 g/mol. The maximum absolute atomic E-state index is 11.9. The summed E-state index contributed by atoms with van der Waals surface area (Å²) in [5.41, 5.74) is 0.601. The fraction of sp³-hybridized carbons (Fsp3) is 0.263. The number of carbonyl (C=O) groups is 1. The van der Waals surface area contributed by atoms with Crippen molar-refractivity contribution in [3.8, 4) is 5.75 Å². The Labute approximate surface area is 200 Å². The van der Waals surface area contributed by atoms with Crippen molar-refractivity contribution in [2.45, 2.75) is 13.8 Å². The molecule has 0 fully saturated rings. The number of benzene rings is 2. The van der Waals surface area contributed by atoms with Gasteiger partial charge in [0.1, 0.15) is 10.8 Å². The average Bonchev–Trinajstić information content (AvgIpc) is 2.80. The van der Waals surface area contributed by atoms with Crippen LogP contribution in [0.1, 0.15) is 13.8 Å². The maximum atomic E-state index is 11.9. The number of nitro groups is 1. The fourth-order valence-corrected chi connectivity index (χ4v) is 6.62. The molecule has 1 atom stereocenters. The van der Waals surface area contributed by atoms with Crippen molar-refractivity contribution in [2.24, 2.45) is 5.16 Å². The topological polar surface area (TPSA) is 106 Å². The molecule has 0 radical (unpaired) electrons. The maximum Gasteiger partial charge on any atom is 0.434 e. The summed E-state index contributed by atoms with van der Waals surface area (Å²) in [5.74, 6) is 0.750. The van der Waals surface area contributed by atoms with Crippen LogP contribution in [0.4, 0.5) is 16.2 Å². The zero-order valence-corrected chi connectivity index (χ0v) is 21.0. The third-order valence-electron chi connectivity index (χ3n) is 3.90. The van der Waals surface area contributed by atoms with E-state index in [9.17, 15) is 14.9 Å². The minimum absolute atomic E-state index is 0.0313. The third kappa shape index (κ3) is 7.70. The number of hydrogen-bond donors (Lipinski definition) is 1. The lowest BCUT2D eigenvalue weighted by Crippen LogP contribution is -2.26. The van der Waals surface area contributed by atoms with E-state index >= 15 is 0 Å². The molecule has 0 saturated heterocycles. The third-order valence-corrected chi connectivity index (χ3v) is 10.3. The molecular weight excluding hydrogens is 491 g/mol. The lowest BCUT2D eigenvalue weighted by Gasteiger charge is -2.34. The first-order valence-electron chi connectivity index (χ1n) is 9.34. The van der Waals surface area contributed by atoms with Gasteiger partial charge in [-0.3, -0.25) is 19.0 Å². The lowest BCUT2D eigenvalue weighted by atomic mass is 10.3. The lowest BCUT2D eigenvalue weighted by molar-refractivity contribution is -0.384. The Bertz CT molecular complexity index is 992. The second-order valence-corrected chi connectivity index (χ2v) is 12.4. The predicted octanol–water partition coefficient (Wildman–Crippen LogP) is 5.84. The Balaban J connectivity index is 2.23. The Morgan fingerprint density at radius 2 is 1.91 bits per heavy atom. The quantitative estimate of drug-likeness (QED) is 0.0612. The summed E-state index contributed by atoms with van der Waals surface area (Å²) in [7, 11) is 0. The number of amides is 1. The molecule has 0 bridgehead atoms. The molecular formula is C19H23N4O5PS3. The summed E-state index contributed by atoms with van der Waals surface area (Å²) < 4.78 is 8.03. The number of hydrogen-bond acceptors (Lipinski definition) is 9. The van der Waals surface area contributed by atoms with Gasteiger partial charge in [0.2, 0.25) is 6.42 Å². The van der Waals surface area contributed by atoms with E-state index in [4.69, 9.17) is 21.2 Å². The van der Waals surface area contributed by atoms with Gasteiger partial charge in [0.05, 0.1) is 16.5 Å². The van der Waals surface area contributed by atoms with Crippen LogP contribution < -0.4 is 13.9 Å². The molecule has 0 heterocycles. The van der Waals surface area contributed by atoms with Gasteiger partial charge in [0.25, 0.3) is 5.69 Å². The number of oxime groups is 1. The van der Waals surface area contributed by atoms with Crippen molar-refractivity contribution < 1.29 is 19.1 Å². The van der Waals surface area contributed by atoms with E-state index in [1.54, 1.807) is 23.1 Å². The minimum atomic E-state index is -2.65. The number of anilines is 1. The van der Waals surface area contributed by atoms with Crippen molar-refractivity contribution in [1.29, 1.82) is 0 Å². The van der Waals surface area contributed by atoms with E-state index in [-0.39, 0.29) is 11.6 Å². The standard InChI is InChI=1S/C19H23N4O5PS3/c1-4-29(30,28-18-8-6-5-7-9-18)23(17-12-10-16(11-13-17)22(25)26)32-14-20-19(24)27-21-15(2)31-3/h5-13H,4,14H2,1-3H3,(H,20,24). The van der Waals surface area contributed by atoms with Gasteiger partial charge in [-0.25, -0.2) is 4.79 Å².